The van der Waals surface area contributed by atoms with Crippen LogP contribution < -0.4 is 16.4 Å². The zero-order valence-corrected chi connectivity index (χ0v) is 13.5. The molecule has 0 aliphatic carbocycles. The lowest BCUT2D eigenvalue weighted by atomic mass is 10.0. The molecule has 132 valence electrons. The van der Waals surface area contributed by atoms with Gasteiger partial charge in [0.25, 0.3) is 5.91 Å². The van der Waals surface area contributed by atoms with Crippen LogP contribution in [0.5, 0.6) is 0 Å². The molecule has 6 N–H and O–H groups in total. The Kier molecular flexibility index (Phi) is 4.71. The van der Waals surface area contributed by atoms with E-state index in [0.717, 1.165) is 5.39 Å². The number of carboxylic acids is 1. The molecule has 1 fully saturated rings. The molecule has 1 aromatic heterocycles. The molecule has 3 rings (SSSR count). The summed E-state index contributed by atoms with van der Waals surface area (Å²) in [5.41, 5.74) is 6.48. The highest BCUT2D eigenvalue weighted by Gasteiger charge is 2.26. The predicted molar refractivity (Wildman–Crippen MR) is 91.7 cm³/mol. The van der Waals surface area contributed by atoms with E-state index in [1.165, 1.54) is 0 Å². The molecule has 0 bridgehead atoms. The van der Waals surface area contributed by atoms with Gasteiger partial charge in [0.15, 0.2) is 5.76 Å². The Balaban J connectivity index is 1.59. The van der Waals surface area contributed by atoms with E-state index in [0.29, 0.717) is 30.7 Å². The van der Waals surface area contributed by atoms with Gasteiger partial charge in [-0.05, 0) is 31.0 Å². The van der Waals surface area contributed by atoms with Crippen molar-refractivity contribution in [2.75, 3.05) is 13.1 Å². The van der Waals surface area contributed by atoms with E-state index >= 15 is 0 Å². The van der Waals surface area contributed by atoms with E-state index in [4.69, 9.17) is 20.7 Å². The summed E-state index contributed by atoms with van der Waals surface area (Å²) >= 11 is 0. The maximum Gasteiger partial charge on any atom is 0.303 e. The largest absolute Gasteiger partial charge is 0.481 e. The van der Waals surface area contributed by atoms with Crippen molar-refractivity contribution >= 4 is 28.7 Å². The Bertz CT molecular complexity index is 829. The first-order valence-corrected chi connectivity index (χ1v) is 8.03. The van der Waals surface area contributed by atoms with E-state index < -0.39 is 5.97 Å². The third kappa shape index (κ3) is 3.97. The van der Waals surface area contributed by atoms with Crippen molar-refractivity contribution in [2.45, 2.75) is 18.9 Å². The summed E-state index contributed by atoms with van der Waals surface area (Å²) in [6.07, 6.45) is 0.855. The van der Waals surface area contributed by atoms with E-state index in [-0.39, 0.29) is 35.9 Å². The number of hydrogen-bond acceptors (Lipinski definition) is 5. The van der Waals surface area contributed by atoms with Gasteiger partial charge >= 0.3 is 5.97 Å². The van der Waals surface area contributed by atoms with Crippen LogP contribution in [0, 0.1) is 11.3 Å². The van der Waals surface area contributed by atoms with Crippen LogP contribution in [0.4, 0.5) is 0 Å². The second-order valence-electron chi connectivity index (χ2n) is 6.29. The molecule has 0 spiro atoms. The normalized spacial score (nSPS) is 19.8. The van der Waals surface area contributed by atoms with Gasteiger partial charge in [0.05, 0.1) is 0 Å². The number of amides is 1. The number of nitrogen functional groups attached to an aromatic ring is 1. The molecule has 0 saturated carbocycles. The summed E-state index contributed by atoms with van der Waals surface area (Å²) < 4.78 is 5.55. The van der Waals surface area contributed by atoms with Gasteiger partial charge in [-0.3, -0.25) is 15.0 Å². The highest BCUT2D eigenvalue weighted by molar-refractivity contribution is 6.00. The lowest BCUT2D eigenvalue weighted by Crippen LogP contribution is -2.37. The number of nitrogens with two attached hydrogens (primary N) is 1. The first-order chi connectivity index (χ1) is 11.9. The Labute approximate surface area is 143 Å². The van der Waals surface area contributed by atoms with E-state index in [1.807, 2.05) is 0 Å². The Morgan fingerprint density at radius 1 is 1.40 bits per heavy atom. The van der Waals surface area contributed by atoms with Crippen molar-refractivity contribution in [1.82, 2.24) is 10.6 Å². The lowest BCUT2D eigenvalue weighted by molar-refractivity contribution is -0.137. The maximum absolute atomic E-state index is 12.3. The van der Waals surface area contributed by atoms with Crippen molar-refractivity contribution in [1.29, 1.82) is 5.41 Å². The molecule has 2 atom stereocenters. The Morgan fingerprint density at radius 2 is 2.20 bits per heavy atom. The number of carbonyl (C=O) groups excluding carboxylic acids is 1. The first kappa shape index (κ1) is 17.0. The Morgan fingerprint density at radius 3 is 2.92 bits per heavy atom. The highest BCUT2D eigenvalue weighted by atomic mass is 16.4. The molecule has 1 saturated heterocycles. The summed E-state index contributed by atoms with van der Waals surface area (Å²) in [5, 5.41) is 23.0. The molecule has 1 amide bonds. The molecule has 0 radical (unpaired) electrons. The van der Waals surface area contributed by atoms with Crippen molar-refractivity contribution in [3.05, 3.63) is 35.6 Å². The fraction of sp³-hybridized carbons (Fsp3) is 0.353. The van der Waals surface area contributed by atoms with E-state index in [9.17, 15) is 9.59 Å². The third-order valence-electron chi connectivity index (χ3n) is 4.34. The minimum absolute atomic E-state index is 0.0574. The molecule has 25 heavy (non-hydrogen) atoms. The van der Waals surface area contributed by atoms with Crippen molar-refractivity contribution in [2.24, 2.45) is 11.7 Å². The van der Waals surface area contributed by atoms with E-state index in [1.54, 1.807) is 24.3 Å². The summed E-state index contributed by atoms with van der Waals surface area (Å²) in [4.78, 5) is 23.0. The number of amidine groups is 1. The van der Waals surface area contributed by atoms with Crippen LogP contribution in [0.25, 0.3) is 11.0 Å². The summed E-state index contributed by atoms with van der Waals surface area (Å²) in [5.74, 6) is -0.910. The minimum Gasteiger partial charge on any atom is -0.481 e. The minimum atomic E-state index is -0.802. The number of fused-ring (bicyclic) bond motifs is 1. The van der Waals surface area contributed by atoms with Gasteiger partial charge in [0.2, 0.25) is 0 Å². The van der Waals surface area contributed by atoms with E-state index in [2.05, 4.69) is 10.6 Å². The van der Waals surface area contributed by atoms with Gasteiger partial charge in [0.1, 0.15) is 11.4 Å². The molecule has 8 heteroatoms. The summed E-state index contributed by atoms with van der Waals surface area (Å²) in [6.45, 7) is 1.05. The topological polar surface area (TPSA) is 141 Å². The molecule has 2 heterocycles. The quantitative estimate of drug-likeness (QED) is 0.389. The molecule has 2 unspecified atom stereocenters. The van der Waals surface area contributed by atoms with Gasteiger partial charge in [-0.1, -0.05) is 12.1 Å². The van der Waals surface area contributed by atoms with Gasteiger partial charge in [-0.15, -0.1) is 0 Å². The number of rotatable bonds is 6. The molecule has 2 aromatic rings. The SMILES string of the molecule is N=C(N)c1ccc2cc(C(=O)NCC3CC(CC(=O)O)CN3)oc2c1. The Hall–Kier alpha value is -2.87. The van der Waals surface area contributed by atoms with Crippen LogP contribution >= 0.6 is 0 Å². The maximum atomic E-state index is 12.3. The second-order valence-corrected chi connectivity index (χ2v) is 6.29. The molecule has 8 nitrogen and oxygen atoms in total. The van der Waals surface area contributed by atoms with Crippen LogP contribution in [0.15, 0.2) is 28.7 Å². The van der Waals surface area contributed by atoms with Crippen LogP contribution in [0.3, 0.4) is 0 Å². The summed E-state index contributed by atoms with van der Waals surface area (Å²) in [7, 11) is 0. The fourth-order valence-corrected chi connectivity index (χ4v) is 3.07. The number of carbonyl (C=O) groups is 2. The smallest absolute Gasteiger partial charge is 0.303 e. The van der Waals surface area contributed by atoms with Crippen molar-refractivity contribution in [3.8, 4) is 0 Å². The number of furan rings is 1. The second kappa shape index (κ2) is 6.94. The van der Waals surface area contributed by atoms with Gasteiger partial charge < -0.3 is 25.9 Å². The number of nitrogens with one attached hydrogen (secondary N) is 3. The highest BCUT2D eigenvalue weighted by Crippen LogP contribution is 2.21. The number of hydrogen-bond donors (Lipinski definition) is 5. The number of aliphatic carboxylic acids is 1. The first-order valence-electron chi connectivity index (χ1n) is 8.03. The van der Waals surface area contributed by atoms with Gasteiger partial charge in [-0.25, -0.2) is 0 Å². The van der Waals surface area contributed by atoms with Gasteiger partial charge in [-0.2, -0.15) is 0 Å². The molecular formula is C17H20N4O4. The van der Waals surface area contributed by atoms with Gasteiger partial charge in [0, 0.05) is 30.0 Å². The number of benzene rings is 1. The predicted octanol–water partition coefficient (Wildman–Crippen LogP) is 0.899. The monoisotopic (exact) mass is 344 g/mol. The zero-order valence-electron chi connectivity index (χ0n) is 13.5. The third-order valence-corrected chi connectivity index (χ3v) is 4.34. The summed E-state index contributed by atoms with van der Waals surface area (Å²) in [6, 6.07) is 6.78. The molecule has 1 aliphatic rings. The molecular weight excluding hydrogens is 324 g/mol. The lowest BCUT2D eigenvalue weighted by Gasteiger charge is -2.10. The average molecular weight is 344 g/mol. The zero-order chi connectivity index (χ0) is 18.0. The molecule has 1 aliphatic heterocycles. The average Bonchev–Trinajstić information content (AvgIpc) is 3.17. The molecule has 1 aromatic carbocycles. The van der Waals surface area contributed by atoms with Crippen LogP contribution in [-0.2, 0) is 4.79 Å². The van der Waals surface area contributed by atoms with Crippen LogP contribution in [0.2, 0.25) is 0 Å². The standard InChI is InChI=1S/C17H20N4O4/c18-16(19)11-2-1-10-5-14(25-13(10)6-11)17(24)21-8-12-3-9(7-20-12)4-15(22)23/h1-2,5-6,9,12,20H,3-4,7-8H2,(H3,18,19)(H,21,24)(H,22,23). The number of carboxylic acid groups (broad SMARTS) is 1. The van der Waals surface area contributed by atoms with Crippen LogP contribution in [-0.4, -0.2) is 41.9 Å². The van der Waals surface area contributed by atoms with Crippen molar-refractivity contribution in [3.63, 3.8) is 0 Å². The van der Waals surface area contributed by atoms with Crippen molar-refractivity contribution < 1.29 is 19.1 Å². The fourth-order valence-electron chi connectivity index (χ4n) is 3.07. The van der Waals surface area contributed by atoms with Crippen LogP contribution in [0.1, 0.15) is 29.0 Å².